The number of amides is 1. The molecule has 1 fully saturated rings. The number of para-hydroxylation sites is 1. The summed E-state index contributed by atoms with van der Waals surface area (Å²) in [6.45, 7) is 4.63. The lowest BCUT2D eigenvalue weighted by molar-refractivity contribution is -0.146. The molecule has 5 nitrogen and oxygen atoms in total. The van der Waals surface area contributed by atoms with Gasteiger partial charge in [0.2, 0.25) is 5.91 Å². The molecule has 1 aliphatic heterocycles. The molecule has 2 N–H and O–H groups in total. The molecule has 1 saturated heterocycles. The Morgan fingerprint density at radius 3 is 2.68 bits per heavy atom. The summed E-state index contributed by atoms with van der Waals surface area (Å²) in [5.74, 6) is 0.967. The summed E-state index contributed by atoms with van der Waals surface area (Å²) < 4.78 is 11.1. The maximum Gasteiger partial charge on any atom is 0.230 e. The highest BCUT2D eigenvalue weighted by molar-refractivity contribution is 5.83. The van der Waals surface area contributed by atoms with Crippen molar-refractivity contribution in [2.24, 2.45) is 11.1 Å². The maximum absolute atomic E-state index is 12.7. The fraction of sp³-hybridized carbons (Fsp3) is 0.588. The summed E-state index contributed by atoms with van der Waals surface area (Å²) in [5, 5.41) is 0. The molecule has 5 heteroatoms. The highest BCUT2D eigenvalue weighted by Crippen LogP contribution is 2.31. The maximum atomic E-state index is 12.7. The van der Waals surface area contributed by atoms with E-state index >= 15 is 0 Å². The number of nitrogens with two attached hydrogens (primary N) is 1. The van der Waals surface area contributed by atoms with Crippen LogP contribution in [0.4, 0.5) is 0 Å². The average molecular weight is 306 g/mol. The molecule has 1 aromatic rings. The van der Waals surface area contributed by atoms with E-state index in [9.17, 15) is 4.79 Å². The van der Waals surface area contributed by atoms with Gasteiger partial charge in [0.1, 0.15) is 12.4 Å². The first kappa shape index (κ1) is 16.8. The highest BCUT2D eigenvalue weighted by Gasteiger charge is 2.40. The Bertz CT molecular complexity index is 498. The SMILES string of the molecule is Cc1ccccc1OCCN(C)C(=O)C1(CN)CCOCC1. The monoisotopic (exact) mass is 306 g/mol. The van der Waals surface area contributed by atoms with Gasteiger partial charge in [-0.3, -0.25) is 4.79 Å². The molecule has 0 spiro atoms. The number of likely N-dealkylation sites (N-methyl/N-ethyl adjacent to an activating group) is 1. The number of hydrogen-bond acceptors (Lipinski definition) is 4. The van der Waals surface area contributed by atoms with Crippen LogP contribution in [-0.4, -0.2) is 50.8 Å². The molecule has 0 aromatic heterocycles. The van der Waals surface area contributed by atoms with Gasteiger partial charge in [0.25, 0.3) is 0 Å². The Balaban J connectivity index is 1.87. The van der Waals surface area contributed by atoms with Crippen molar-refractivity contribution in [3.05, 3.63) is 29.8 Å². The van der Waals surface area contributed by atoms with E-state index in [0.717, 1.165) is 11.3 Å². The number of carbonyl (C=O) groups excluding carboxylic acids is 1. The normalized spacial score (nSPS) is 17.0. The molecule has 1 amide bonds. The first-order valence-electron chi connectivity index (χ1n) is 7.81. The first-order valence-corrected chi connectivity index (χ1v) is 7.81. The fourth-order valence-electron chi connectivity index (χ4n) is 2.78. The van der Waals surface area contributed by atoms with E-state index in [1.54, 1.807) is 4.90 Å². The third-order valence-corrected chi connectivity index (χ3v) is 4.42. The molecule has 122 valence electrons. The van der Waals surface area contributed by atoms with Crippen molar-refractivity contribution in [1.82, 2.24) is 4.90 Å². The zero-order chi connectivity index (χ0) is 16.0. The van der Waals surface area contributed by atoms with Gasteiger partial charge in [-0.1, -0.05) is 18.2 Å². The highest BCUT2D eigenvalue weighted by atomic mass is 16.5. The van der Waals surface area contributed by atoms with Crippen LogP contribution in [0.3, 0.4) is 0 Å². The first-order chi connectivity index (χ1) is 10.6. The molecule has 0 aliphatic carbocycles. The minimum atomic E-state index is -0.463. The smallest absolute Gasteiger partial charge is 0.230 e. The average Bonchev–Trinajstić information content (AvgIpc) is 2.56. The van der Waals surface area contributed by atoms with Gasteiger partial charge in [0.15, 0.2) is 0 Å². The van der Waals surface area contributed by atoms with Gasteiger partial charge in [-0.15, -0.1) is 0 Å². The van der Waals surface area contributed by atoms with Gasteiger partial charge in [-0.2, -0.15) is 0 Å². The lowest BCUT2D eigenvalue weighted by Gasteiger charge is -2.37. The molecule has 1 aromatic carbocycles. The molecule has 0 atom stereocenters. The molecular formula is C17H26N2O3. The van der Waals surface area contributed by atoms with Crippen LogP contribution in [0.15, 0.2) is 24.3 Å². The summed E-state index contributed by atoms with van der Waals surface area (Å²) in [7, 11) is 1.82. The van der Waals surface area contributed by atoms with Crippen molar-refractivity contribution in [2.45, 2.75) is 19.8 Å². The predicted octanol–water partition coefficient (Wildman–Crippen LogP) is 1.59. The van der Waals surface area contributed by atoms with E-state index in [0.29, 0.717) is 45.8 Å². The van der Waals surface area contributed by atoms with Crippen molar-refractivity contribution in [1.29, 1.82) is 0 Å². The van der Waals surface area contributed by atoms with Gasteiger partial charge in [0.05, 0.1) is 12.0 Å². The van der Waals surface area contributed by atoms with Crippen LogP contribution in [0.1, 0.15) is 18.4 Å². The molecule has 0 unspecified atom stereocenters. The number of ether oxygens (including phenoxy) is 2. The van der Waals surface area contributed by atoms with Gasteiger partial charge < -0.3 is 20.1 Å². The Kier molecular flexibility index (Phi) is 5.80. The van der Waals surface area contributed by atoms with Crippen molar-refractivity contribution >= 4 is 5.91 Å². The summed E-state index contributed by atoms with van der Waals surface area (Å²) in [6.07, 6.45) is 1.40. The second-order valence-electron chi connectivity index (χ2n) is 5.94. The molecule has 0 saturated carbocycles. The van der Waals surface area contributed by atoms with Crippen LogP contribution in [0, 0.1) is 12.3 Å². The Morgan fingerprint density at radius 2 is 2.05 bits per heavy atom. The summed E-state index contributed by atoms with van der Waals surface area (Å²) >= 11 is 0. The number of carbonyl (C=O) groups is 1. The van der Waals surface area contributed by atoms with E-state index in [1.165, 1.54) is 0 Å². The second kappa shape index (κ2) is 7.61. The van der Waals surface area contributed by atoms with E-state index in [4.69, 9.17) is 15.2 Å². The van der Waals surface area contributed by atoms with Crippen molar-refractivity contribution in [3.63, 3.8) is 0 Å². The number of rotatable bonds is 6. The van der Waals surface area contributed by atoms with Crippen molar-refractivity contribution < 1.29 is 14.3 Å². The van der Waals surface area contributed by atoms with Crippen molar-refractivity contribution in [3.8, 4) is 5.75 Å². The topological polar surface area (TPSA) is 64.8 Å². The van der Waals surface area contributed by atoms with Crippen LogP contribution < -0.4 is 10.5 Å². The zero-order valence-corrected chi connectivity index (χ0v) is 13.5. The third kappa shape index (κ3) is 3.78. The standard InChI is InChI=1S/C17H26N2O3/c1-14-5-3-4-6-15(14)22-12-9-19(2)16(20)17(13-18)7-10-21-11-8-17/h3-6H,7-13,18H2,1-2H3. The Morgan fingerprint density at radius 1 is 1.36 bits per heavy atom. The van der Waals surface area contributed by atoms with Crippen LogP contribution in [0.2, 0.25) is 0 Å². The van der Waals surface area contributed by atoms with E-state index in [1.807, 2.05) is 38.2 Å². The molecular weight excluding hydrogens is 280 g/mol. The predicted molar refractivity (Wildman–Crippen MR) is 85.9 cm³/mol. The minimum Gasteiger partial charge on any atom is -0.491 e. The molecule has 2 rings (SSSR count). The van der Waals surface area contributed by atoms with Crippen LogP contribution in [0.25, 0.3) is 0 Å². The number of aryl methyl sites for hydroxylation is 1. The largest absolute Gasteiger partial charge is 0.491 e. The van der Waals surface area contributed by atoms with Crippen LogP contribution in [-0.2, 0) is 9.53 Å². The molecule has 0 bridgehead atoms. The van der Waals surface area contributed by atoms with Gasteiger partial charge >= 0.3 is 0 Å². The number of hydrogen-bond donors (Lipinski definition) is 1. The fourth-order valence-corrected chi connectivity index (χ4v) is 2.78. The number of benzene rings is 1. The lowest BCUT2D eigenvalue weighted by Crippen LogP contribution is -2.50. The number of nitrogens with zero attached hydrogens (tertiary/aromatic N) is 1. The van der Waals surface area contributed by atoms with E-state index < -0.39 is 5.41 Å². The summed E-state index contributed by atoms with van der Waals surface area (Å²) in [5.41, 5.74) is 6.52. The van der Waals surface area contributed by atoms with Gasteiger partial charge in [0, 0.05) is 26.8 Å². The summed E-state index contributed by atoms with van der Waals surface area (Å²) in [4.78, 5) is 14.4. The quantitative estimate of drug-likeness (QED) is 0.867. The molecule has 1 heterocycles. The lowest BCUT2D eigenvalue weighted by atomic mass is 9.79. The van der Waals surface area contributed by atoms with E-state index in [2.05, 4.69) is 0 Å². The minimum absolute atomic E-state index is 0.103. The second-order valence-corrected chi connectivity index (χ2v) is 5.94. The third-order valence-electron chi connectivity index (χ3n) is 4.42. The van der Waals surface area contributed by atoms with Gasteiger partial charge in [-0.25, -0.2) is 0 Å². The van der Waals surface area contributed by atoms with Crippen LogP contribution >= 0.6 is 0 Å². The summed E-state index contributed by atoms with van der Waals surface area (Å²) in [6, 6.07) is 7.88. The Labute approximate surface area is 132 Å². The molecule has 0 radical (unpaired) electrons. The van der Waals surface area contributed by atoms with Crippen LogP contribution in [0.5, 0.6) is 5.75 Å². The zero-order valence-electron chi connectivity index (χ0n) is 13.5. The van der Waals surface area contributed by atoms with E-state index in [-0.39, 0.29) is 5.91 Å². The Hall–Kier alpha value is -1.59. The van der Waals surface area contributed by atoms with Gasteiger partial charge in [-0.05, 0) is 31.4 Å². The molecule has 22 heavy (non-hydrogen) atoms. The molecule has 1 aliphatic rings. The van der Waals surface area contributed by atoms with Crippen molar-refractivity contribution in [2.75, 3.05) is 40.0 Å².